The molecule has 0 aromatic heterocycles. The van der Waals surface area contributed by atoms with Crippen LogP contribution in [0.5, 0.6) is 17.2 Å². The number of ether oxygens (including phenoxy) is 4. The maximum atomic E-state index is 13.9. The molecule has 13 nitrogen and oxygen atoms in total. The van der Waals surface area contributed by atoms with Crippen LogP contribution in [0, 0.1) is 6.92 Å². The van der Waals surface area contributed by atoms with Gasteiger partial charge in [0, 0.05) is 48.8 Å². The third kappa shape index (κ3) is 5.86. The van der Waals surface area contributed by atoms with E-state index in [2.05, 4.69) is 12.2 Å². The number of carbonyl (C=O) groups is 4. The van der Waals surface area contributed by atoms with Crippen molar-refractivity contribution < 1.29 is 58.6 Å². The van der Waals surface area contributed by atoms with E-state index in [9.17, 15) is 39.6 Å². The number of phenols is 2. The lowest BCUT2D eigenvalue weighted by Gasteiger charge is -2.42. The van der Waals surface area contributed by atoms with E-state index in [0.29, 0.717) is 0 Å². The smallest absolute Gasteiger partial charge is 0.407 e. The highest BCUT2D eigenvalue weighted by Crippen LogP contribution is 2.52. The predicted molar refractivity (Wildman–Crippen MR) is 194 cm³/mol. The van der Waals surface area contributed by atoms with E-state index >= 15 is 0 Å². The van der Waals surface area contributed by atoms with Gasteiger partial charge >= 0.3 is 6.09 Å². The summed E-state index contributed by atoms with van der Waals surface area (Å²) in [5.74, 6) is -3.97. The number of benzene rings is 4. The molecule has 5 N–H and O–H groups in total. The third-order valence-corrected chi connectivity index (χ3v) is 11.3. The fourth-order valence-electron chi connectivity index (χ4n) is 8.50. The van der Waals surface area contributed by atoms with Gasteiger partial charge in [-0.15, -0.1) is 0 Å². The van der Waals surface area contributed by atoms with Crippen LogP contribution in [0.2, 0.25) is 0 Å². The number of aromatic hydroxyl groups is 2. The molecule has 1 heterocycles. The number of phenolic OH excluding ortho intramolecular Hbond substituents is 2. The van der Waals surface area contributed by atoms with Crippen molar-refractivity contribution in [1.82, 2.24) is 5.32 Å². The van der Waals surface area contributed by atoms with Crippen LogP contribution in [0.15, 0.2) is 66.7 Å². The van der Waals surface area contributed by atoms with Crippen LogP contribution in [0.1, 0.15) is 85.9 Å². The van der Waals surface area contributed by atoms with Crippen LogP contribution in [-0.4, -0.2) is 87.7 Å². The number of Topliss-reactive ketones (excluding diaryl/α,β-unsaturated/α-hetero) is 1. The lowest BCUT2D eigenvalue weighted by atomic mass is 9.72. The monoisotopic (exact) mass is 748 g/mol. The number of hydrogen-bond acceptors (Lipinski definition) is 12. The summed E-state index contributed by atoms with van der Waals surface area (Å²) >= 11 is 0. The first kappa shape index (κ1) is 36.4. The van der Waals surface area contributed by atoms with Crippen molar-refractivity contribution in [1.29, 1.82) is 0 Å². The lowest BCUT2D eigenvalue weighted by molar-refractivity contribution is -0.249. The van der Waals surface area contributed by atoms with Gasteiger partial charge < -0.3 is 44.7 Å². The predicted octanol–water partition coefficient (Wildman–Crippen LogP) is 4.42. The number of carbonyl (C=O) groups excluding carboxylic acids is 4. The minimum Gasteiger partial charge on any atom is -0.507 e. The Morgan fingerprint density at radius 3 is 2.20 bits per heavy atom. The summed E-state index contributed by atoms with van der Waals surface area (Å²) in [4.78, 5) is 53.7. The molecule has 4 aromatic carbocycles. The van der Waals surface area contributed by atoms with Crippen LogP contribution < -0.4 is 10.1 Å². The summed E-state index contributed by atoms with van der Waals surface area (Å²) in [5, 5.41) is 48.6. The quantitative estimate of drug-likeness (QED) is 0.147. The summed E-state index contributed by atoms with van der Waals surface area (Å²) in [6, 6.07) is 19.2. The van der Waals surface area contributed by atoms with Crippen LogP contribution >= 0.6 is 0 Å². The summed E-state index contributed by atoms with van der Waals surface area (Å²) < 4.78 is 23.3. The zero-order valence-corrected chi connectivity index (χ0v) is 29.9. The van der Waals surface area contributed by atoms with Gasteiger partial charge in [-0.3, -0.25) is 14.4 Å². The highest BCUT2D eigenvalue weighted by atomic mass is 16.7. The first-order chi connectivity index (χ1) is 26.3. The van der Waals surface area contributed by atoms with Crippen LogP contribution in [-0.2, 0) is 25.4 Å². The standard InChI is InChI=1S/C42H38NO12/c1-19-36(45)28(43-41(50)53-18-27-23-11-6-4-9-21(23)22-10-5-7-12-24(22)27)15-31(54-19)55-30-17-42(51,20(2)44)16-26-33(30)40(49)35-34(38(26)47)37(46)25-13-8-14-29(52-3)32(25)39(35)48/h4-14,19,27-28,30-31,36,45,47,49,51H,2,15-18H2,1,3H3,(H,43,50)/t19-,28-,30-,31-,36+,42-/m0/s1. The summed E-state index contributed by atoms with van der Waals surface area (Å²) in [5.41, 5.74) is 0.536. The molecule has 3 aliphatic carbocycles. The second kappa shape index (κ2) is 13.6. The Morgan fingerprint density at radius 1 is 0.909 bits per heavy atom. The highest BCUT2D eigenvalue weighted by Gasteiger charge is 2.50. The molecule has 6 atom stereocenters. The Labute approximate surface area is 315 Å². The number of aliphatic hydroxyl groups excluding tert-OH is 1. The van der Waals surface area contributed by atoms with Crippen LogP contribution in [0.3, 0.4) is 0 Å². The maximum absolute atomic E-state index is 13.9. The molecule has 0 spiro atoms. The van der Waals surface area contributed by atoms with Crippen molar-refractivity contribution in [3.63, 3.8) is 0 Å². The Hall–Kier alpha value is -5.60. The van der Waals surface area contributed by atoms with Crippen molar-refractivity contribution >= 4 is 23.4 Å². The van der Waals surface area contributed by atoms with Crippen LogP contribution in [0.25, 0.3) is 11.1 Å². The molecule has 4 aromatic rings. The zero-order chi connectivity index (χ0) is 38.9. The molecule has 1 aliphatic heterocycles. The van der Waals surface area contributed by atoms with E-state index < -0.39 is 95.2 Å². The van der Waals surface area contributed by atoms with Crippen LogP contribution in [0.4, 0.5) is 4.79 Å². The molecule has 55 heavy (non-hydrogen) atoms. The van der Waals surface area contributed by atoms with E-state index in [0.717, 1.165) is 22.3 Å². The van der Waals surface area contributed by atoms with Gasteiger partial charge in [-0.25, -0.2) is 4.79 Å². The Kier molecular flexibility index (Phi) is 9.00. The lowest BCUT2D eigenvalue weighted by Crippen LogP contribution is -2.56. The van der Waals surface area contributed by atoms with Crippen molar-refractivity contribution in [3.05, 3.63) is 118 Å². The van der Waals surface area contributed by atoms with E-state index in [1.54, 1.807) is 6.92 Å². The van der Waals surface area contributed by atoms with Gasteiger partial charge in [-0.05, 0) is 35.2 Å². The number of amides is 1. The van der Waals surface area contributed by atoms with Gasteiger partial charge in [0.2, 0.25) is 5.78 Å². The third-order valence-electron chi connectivity index (χ3n) is 11.3. The molecule has 1 radical (unpaired) electrons. The molecule has 0 saturated carbocycles. The summed E-state index contributed by atoms with van der Waals surface area (Å²) in [6.45, 7) is 4.99. The van der Waals surface area contributed by atoms with Gasteiger partial charge in [-0.1, -0.05) is 60.7 Å². The topological polar surface area (TPSA) is 198 Å². The van der Waals surface area contributed by atoms with Crippen molar-refractivity contribution in [2.75, 3.05) is 13.7 Å². The largest absolute Gasteiger partial charge is 0.507 e. The number of aliphatic hydroxyl groups is 2. The molecule has 4 aliphatic rings. The van der Waals surface area contributed by atoms with E-state index in [1.165, 1.54) is 25.3 Å². The molecule has 1 saturated heterocycles. The number of ketones is 3. The normalized spacial score (nSPS) is 25.2. The number of hydrogen-bond donors (Lipinski definition) is 5. The zero-order valence-electron chi connectivity index (χ0n) is 29.9. The van der Waals surface area contributed by atoms with E-state index in [4.69, 9.17) is 18.9 Å². The molecule has 0 bridgehead atoms. The Bertz CT molecular complexity index is 2240. The number of fused-ring (bicyclic) bond motifs is 6. The van der Waals surface area contributed by atoms with Gasteiger partial charge in [0.05, 0.1) is 42.0 Å². The molecular weight excluding hydrogens is 710 g/mol. The number of alkyl carbamates (subject to hydrolysis) is 1. The molecule has 8 rings (SSSR count). The molecule has 1 amide bonds. The Morgan fingerprint density at radius 2 is 1.55 bits per heavy atom. The fraction of sp³-hybridized carbons (Fsp3) is 0.310. The highest BCUT2D eigenvalue weighted by molar-refractivity contribution is 6.31. The summed E-state index contributed by atoms with van der Waals surface area (Å²) in [6.07, 6.45) is -6.66. The number of methoxy groups -OCH3 is 1. The first-order valence-electron chi connectivity index (χ1n) is 17.9. The van der Waals surface area contributed by atoms with Gasteiger partial charge in [0.25, 0.3) is 0 Å². The first-order valence-corrected chi connectivity index (χ1v) is 17.9. The second-order valence-electron chi connectivity index (χ2n) is 14.4. The minimum absolute atomic E-state index is 0.0375. The fourth-order valence-corrected chi connectivity index (χ4v) is 8.50. The SMILES string of the molecule is [CH2]C(=O)[C@]1(O)Cc2c(O)c3c(c(O)c2[C@@H](O[C@H]2C[C@H](NC(=O)OCC4c5ccccc5-c5ccccc54)[C@H](O)[C@H](C)O2)C1)C(=O)c1c(OC)cccc1C3=O. The minimum atomic E-state index is -2.21. The molecule has 13 heteroatoms. The average Bonchev–Trinajstić information content (AvgIpc) is 3.49. The van der Waals surface area contributed by atoms with Gasteiger partial charge in [0.1, 0.15) is 35.6 Å². The van der Waals surface area contributed by atoms with Crippen molar-refractivity contribution in [2.45, 2.75) is 68.3 Å². The van der Waals surface area contributed by atoms with E-state index in [-0.39, 0.29) is 46.9 Å². The van der Waals surface area contributed by atoms with Gasteiger partial charge in [-0.2, -0.15) is 0 Å². The second-order valence-corrected chi connectivity index (χ2v) is 14.4. The summed E-state index contributed by atoms with van der Waals surface area (Å²) in [7, 11) is 1.32. The van der Waals surface area contributed by atoms with Crippen molar-refractivity contribution in [3.8, 4) is 28.4 Å². The average molecular weight is 749 g/mol. The maximum Gasteiger partial charge on any atom is 0.407 e. The molecule has 283 valence electrons. The molecule has 1 fully saturated rings. The van der Waals surface area contributed by atoms with Crippen molar-refractivity contribution in [2.24, 2.45) is 0 Å². The Balaban J connectivity index is 1.06. The van der Waals surface area contributed by atoms with E-state index in [1.807, 2.05) is 48.5 Å². The molecule has 0 unspecified atom stereocenters. The number of nitrogens with one attached hydrogen (secondary N) is 1. The number of rotatable bonds is 7. The van der Waals surface area contributed by atoms with Gasteiger partial charge in [0.15, 0.2) is 17.9 Å². The molecular formula is C42H38NO12.